The quantitative estimate of drug-likeness (QED) is 0.442. The Morgan fingerprint density at radius 1 is 1.32 bits per heavy atom. The zero-order valence-corrected chi connectivity index (χ0v) is 19.9. The molecule has 3 aromatic rings. The number of rotatable bonds is 7. The summed E-state index contributed by atoms with van der Waals surface area (Å²) in [7, 11) is -1.07. The Balaban J connectivity index is 0. The van der Waals surface area contributed by atoms with E-state index in [1.54, 1.807) is 12.1 Å². The van der Waals surface area contributed by atoms with Gasteiger partial charge in [0.05, 0.1) is 22.7 Å². The molecule has 1 aliphatic rings. The Morgan fingerprint density at radius 2 is 2.09 bits per heavy atom. The average Bonchev–Trinajstić information content (AvgIpc) is 3.33. The van der Waals surface area contributed by atoms with Crippen molar-refractivity contribution in [3.8, 4) is 22.8 Å². The van der Waals surface area contributed by atoms with Crippen LogP contribution in [0.4, 0.5) is 5.82 Å². The van der Waals surface area contributed by atoms with Gasteiger partial charge in [0.2, 0.25) is 0 Å². The highest BCUT2D eigenvalue weighted by Crippen LogP contribution is 2.26. The first kappa shape index (κ1) is 25.4. The van der Waals surface area contributed by atoms with E-state index in [4.69, 9.17) is 10.2 Å². The van der Waals surface area contributed by atoms with Crippen LogP contribution in [-0.2, 0) is 10.8 Å². The van der Waals surface area contributed by atoms with Crippen molar-refractivity contribution in [3.63, 3.8) is 0 Å². The second kappa shape index (κ2) is 11.3. The molecule has 6 N–H and O–H groups in total. The molecule has 1 fully saturated rings. The molecule has 1 amide bonds. The van der Waals surface area contributed by atoms with E-state index in [0.717, 1.165) is 36.4 Å². The van der Waals surface area contributed by atoms with Crippen molar-refractivity contribution in [1.29, 1.82) is 0 Å². The number of piperidine rings is 1. The highest BCUT2D eigenvalue weighted by Gasteiger charge is 2.21. The molecule has 0 radical (unpaired) electrons. The molecule has 34 heavy (non-hydrogen) atoms. The lowest BCUT2D eigenvalue weighted by atomic mass is 10.00. The fraction of sp³-hybridized carbons (Fsp3) is 0.409. The number of benzene rings is 1. The summed E-state index contributed by atoms with van der Waals surface area (Å²) < 4.78 is 17.8. The van der Waals surface area contributed by atoms with Gasteiger partial charge in [0.25, 0.3) is 5.89 Å². The summed E-state index contributed by atoms with van der Waals surface area (Å²) in [5.41, 5.74) is 7.50. The van der Waals surface area contributed by atoms with E-state index in [9.17, 15) is 9.00 Å². The minimum absolute atomic E-state index is 0. The van der Waals surface area contributed by atoms with E-state index >= 15 is 0 Å². The largest absolute Gasteiger partial charge is 0.412 e. The maximum Gasteiger partial charge on any atom is 0.308 e. The van der Waals surface area contributed by atoms with Crippen LogP contribution in [0.25, 0.3) is 22.8 Å². The second-order valence-electron chi connectivity index (χ2n) is 8.19. The maximum absolute atomic E-state index is 12.4. The number of nitrogen functional groups attached to an aromatic ring is 1. The van der Waals surface area contributed by atoms with Crippen LogP contribution in [0.2, 0.25) is 0 Å². The van der Waals surface area contributed by atoms with Gasteiger partial charge in [0.15, 0.2) is 11.5 Å². The maximum atomic E-state index is 12.4. The van der Waals surface area contributed by atoms with Crippen molar-refractivity contribution < 1.29 is 24.6 Å². The predicted octanol–water partition coefficient (Wildman–Crippen LogP) is 2.18. The molecule has 0 saturated carbocycles. The monoisotopic (exact) mass is 495 g/mol. The molecule has 12 heteroatoms. The van der Waals surface area contributed by atoms with Crippen LogP contribution in [0, 0.1) is 5.92 Å². The van der Waals surface area contributed by atoms with Crippen LogP contribution in [-0.4, -0.2) is 60.6 Å². The van der Waals surface area contributed by atoms with Gasteiger partial charge in [0, 0.05) is 28.0 Å². The molecule has 1 saturated heterocycles. The first-order valence-electron chi connectivity index (χ1n) is 10.9. The third-order valence-corrected chi connectivity index (χ3v) is 6.98. The Hall–Kier alpha value is -3.22. The Labute approximate surface area is 205 Å². The Bertz CT molecular complexity index is 1160. The lowest BCUT2D eigenvalue weighted by Gasteiger charge is -2.22. The second-order valence-corrected chi connectivity index (χ2v) is 10.2. The zero-order valence-electron chi connectivity index (χ0n) is 19.1. The molecule has 0 bridgehead atoms. The van der Waals surface area contributed by atoms with Gasteiger partial charge in [-0.2, -0.15) is 0 Å². The molecule has 2 atom stereocenters. The van der Waals surface area contributed by atoms with E-state index in [-0.39, 0.29) is 39.7 Å². The fourth-order valence-corrected chi connectivity index (χ4v) is 4.50. The topological polar surface area (TPSA) is 180 Å². The predicted molar refractivity (Wildman–Crippen MR) is 137 cm³/mol. The first-order chi connectivity index (χ1) is 15.9. The summed E-state index contributed by atoms with van der Waals surface area (Å²) >= 11 is 0. The van der Waals surface area contributed by atoms with Gasteiger partial charge < -0.3 is 26.3 Å². The zero-order chi connectivity index (χ0) is 23.4. The van der Waals surface area contributed by atoms with Crippen LogP contribution < -0.4 is 16.4 Å². The summed E-state index contributed by atoms with van der Waals surface area (Å²) in [6.45, 7) is 6.25. The van der Waals surface area contributed by atoms with Gasteiger partial charge in [-0.05, 0) is 44.0 Å². The Morgan fingerprint density at radius 3 is 2.76 bits per heavy atom. The highest BCUT2D eigenvalue weighted by atomic mass is 32.2. The van der Waals surface area contributed by atoms with Gasteiger partial charge in [-0.1, -0.05) is 26.0 Å². The van der Waals surface area contributed by atoms with Gasteiger partial charge in [-0.3, -0.25) is 9.00 Å². The van der Waals surface area contributed by atoms with Crippen LogP contribution in [0.3, 0.4) is 0 Å². The van der Waals surface area contributed by atoms with Crippen LogP contribution in [0.1, 0.15) is 43.1 Å². The molecule has 190 valence electrons. The molecular formula is C22H37N7O4S. The molecule has 11 nitrogen and oxygen atoms in total. The number of aromatic nitrogens is 4. The van der Waals surface area contributed by atoms with Gasteiger partial charge in [-0.15, -0.1) is 10.2 Å². The van der Waals surface area contributed by atoms with Crippen molar-refractivity contribution >= 4 is 22.5 Å². The van der Waals surface area contributed by atoms with Gasteiger partial charge >= 0.3 is 11.8 Å². The van der Waals surface area contributed by atoms with Crippen molar-refractivity contribution in [2.45, 2.75) is 36.8 Å². The van der Waals surface area contributed by atoms with Crippen LogP contribution in [0.5, 0.6) is 0 Å². The van der Waals surface area contributed by atoms with E-state index in [0.29, 0.717) is 18.2 Å². The lowest BCUT2D eigenvalue weighted by Crippen LogP contribution is -2.38. The number of anilines is 1. The number of carbonyl (C=O) groups excluding carboxylic acids is 1. The number of hydrogen-bond donors (Lipinski definition) is 3. The van der Waals surface area contributed by atoms with Crippen molar-refractivity contribution in [2.24, 2.45) is 5.92 Å². The van der Waals surface area contributed by atoms with Crippen molar-refractivity contribution in [2.75, 3.05) is 25.4 Å². The number of carbonyl (C=O) groups is 1. The number of nitrogens with two attached hydrogens (primary N) is 1. The number of hydrogen-bond acceptors (Lipinski definition) is 9. The van der Waals surface area contributed by atoms with E-state index in [2.05, 4.69) is 30.8 Å². The molecule has 1 aliphatic heterocycles. The third-order valence-electron chi connectivity index (χ3n) is 5.38. The average molecular weight is 496 g/mol. The van der Waals surface area contributed by atoms with Gasteiger partial charge in [0.1, 0.15) is 0 Å². The lowest BCUT2D eigenvalue weighted by molar-refractivity contribution is 0.0910. The van der Waals surface area contributed by atoms with Crippen molar-refractivity contribution in [1.82, 2.24) is 30.8 Å². The normalized spacial score (nSPS) is 16.6. The molecule has 1 aromatic carbocycles. The first-order valence-corrected chi connectivity index (χ1v) is 12.1. The fourth-order valence-electron chi connectivity index (χ4n) is 3.55. The minimum atomic E-state index is -1.07. The molecule has 3 heterocycles. The third kappa shape index (κ3) is 5.82. The molecule has 2 unspecified atom stereocenters. The minimum Gasteiger partial charge on any atom is -0.412 e. The summed E-state index contributed by atoms with van der Waals surface area (Å²) in [6.07, 6.45) is 3.70. The van der Waals surface area contributed by atoms with Crippen LogP contribution in [0.15, 0.2) is 39.8 Å². The van der Waals surface area contributed by atoms with Gasteiger partial charge in [-0.25, -0.2) is 9.97 Å². The Kier molecular flexibility index (Phi) is 8.42. The smallest absolute Gasteiger partial charge is 0.308 e. The SMILES string of the molecule is CC(C)S(=O)c1ccc(-c2cnc(N)c(-c3nnc(C(=O)NCC4CCCNC4)o3)n2)cc1.O.[HH].[HH].[HH].[HH]. The summed E-state index contributed by atoms with van der Waals surface area (Å²) in [6, 6.07) is 7.26. The molecule has 0 spiro atoms. The van der Waals surface area contributed by atoms with Crippen LogP contribution >= 0.6 is 0 Å². The molecule has 2 aromatic heterocycles. The van der Waals surface area contributed by atoms with E-state index in [1.807, 2.05) is 26.0 Å². The summed E-state index contributed by atoms with van der Waals surface area (Å²) in [5.74, 6) is -0.0756. The van der Waals surface area contributed by atoms with E-state index < -0.39 is 16.7 Å². The number of nitrogens with one attached hydrogen (secondary N) is 2. The highest BCUT2D eigenvalue weighted by molar-refractivity contribution is 7.85. The number of nitrogens with zero attached hydrogens (tertiary/aromatic N) is 4. The molecule has 0 aliphatic carbocycles. The summed E-state index contributed by atoms with van der Waals surface area (Å²) in [4.78, 5) is 21.9. The number of amides is 1. The van der Waals surface area contributed by atoms with E-state index in [1.165, 1.54) is 6.20 Å². The molecular weight excluding hydrogens is 458 g/mol. The standard InChI is InChI=1S/C22H27N7O3S.H2O.4H2/c1-13(2)33(31)16-7-5-15(6-8-16)17-12-25-19(23)18(27-17)21-28-29-22(32-21)20(30)26-11-14-4-3-9-24-10-14;;;;;/h5-8,12-14,24H,3-4,9-11H2,1-2H3,(H2,23,25)(H,26,30);1H2;4*1H. The van der Waals surface area contributed by atoms with Crippen molar-refractivity contribution in [3.05, 3.63) is 36.4 Å². The molecule has 4 rings (SSSR count). The summed E-state index contributed by atoms with van der Waals surface area (Å²) in [5, 5.41) is 14.0.